The van der Waals surface area contributed by atoms with Gasteiger partial charge in [0.15, 0.2) is 5.78 Å². The number of amides is 1. The highest BCUT2D eigenvalue weighted by Gasteiger charge is 2.26. The Morgan fingerprint density at radius 1 is 0.933 bits per heavy atom. The maximum Gasteiger partial charge on any atom is 0.234 e. The van der Waals surface area contributed by atoms with Gasteiger partial charge in [0.2, 0.25) is 5.91 Å². The van der Waals surface area contributed by atoms with Crippen LogP contribution in [0.4, 0.5) is 0 Å². The third-order valence-corrected chi connectivity index (χ3v) is 6.17. The van der Waals surface area contributed by atoms with Gasteiger partial charge in [0, 0.05) is 54.9 Å². The van der Waals surface area contributed by atoms with Gasteiger partial charge in [0.25, 0.3) is 0 Å². The first kappa shape index (κ1) is 20.8. The molecule has 30 heavy (non-hydrogen) atoms. The highest BCUT2D eigenvalue weighted by atomic mass is 16.2. The van der Waals surface area contributed by atoms with Crippen LogP contribution in [-0.4, -0.2) is 71.4 Å². The molecule has 1 aliphatic carbocycles. The Hall–Kier alpha value is -2.44. The molecule has 0 unspecified atom stereocenters. The van der Waals surface area contributed by atoms with Crippen LogP contribution in [-0.2, 0) is 4.79 Å². The molecule has 2 aliphatic rings. The molecule has 160 valence electrons. The van der Waals surface area contributed by atoms with Crippen LogP contribution >= 0.6 is 0 Å². The van der Waals surface area contributed by atoms with E-state index in [1.54, 1.807) is 0 Å². The van der Waals surface area contributed by atoms with Gasteiger partial charge in [0.05, 0.1) is 13.1 Å². The predicted molar refractivity (Wildman–Crippen MR) is 118 cm³/mol. The summed E-state index contributed by atoms with van der Waals surface area (Å²) in [7, 11) is 0. The molecule has 1 N–H and O–H groups in total. The number of carbonyl (C=O) groups is 2. The molecule has 0 atom stereocenters. The van der Waals surface area contributed by atoms with Crippen molar-refractivity contribution in [2.24, 2.45) is 0 Å². The first-order valence-electron chi connectivity index (χ1n) is 10.9. The van der Waals surface area contributed by atoms with E-state index in [0.29, 0.717) is 19.1 Å². The molecule has 0 bridgehead atoms. The van der Waals surface area contributed by atoms with E-state index in [1.807, 2.05) is 13.0 Å². The molecule has 2 aromatic rings. The van der Waals surface area contributed by atoms with Gasteiger partial charge in [-0.1, -0.05) is 17.7 Å². The number of piperazine rings is 1. The molecule has 6 nitrogen and oxygen atoms in total. The number of hydrogen-bond donors (Lipinski definition) is 1. The van der Waals surface area contributed by atoms with Crippen molar-refractivity contribution in [1.82, 2.24) is 19.7 Å². The van der Waals surface area contributed by atoms with Crippen molar-refractivity contribution in [3.8, 4) is 5.69 Å². The normalized spacial score (nSPS) is 17.8. The molecular formula is C24H32N4O2. The minimum atomic E-state index is 0.130. The lowest BCUT2D eigenvalue weighted by Gasteiger charge is -2.33. The first-order valence-corrected chi connectivity index (χ1v) is 10.9. The van der Waals surface area contributed by atoms with Gasteiger partial charge in [-0.3, -0.25) is 19.4 Å². The van der Waals surface area contributed by atoms with Crippen molar-refractivity contribution in [3.63, 3.8) is 0 Å². The van der Waals surface area contributed by atoms with Gasteiger partial charge in [-0.25, -0.2) is 0 Å². The molecule has 2 heterocycles. The molecule has 1 aliphatic heterocycles. The van der Waals surface area contributed by atoms with Crippen LogP contribution in [0.5, 0.6) is 0 Å². The summed E-state index contributed by atoms with van der Waals surface area (Å²) in [5.74, 6) is 0.298. The fourth-order valence-corrected chi connectivity index (χ4v) is 4.23. The molecule has 0 radical (unpaired) electrons. The van der Waals surface area contributed by atoms with Gasteiger partial charge in [0.1, 0.15) is 0 Å². The molecular weight excluding hydrogens is 376 g/mol. The Kier molecular flexibility index (Phi) is 6.06. The van der Waals surface area contributed by atoms with Gasteiger partial charge in [-0.15, -0.1) is 0 Å². The minimum absolute atomic E-state index is 0.130. The summed E-state index contributed by atoms with van der Waals surface area (Å²) >= 11 is 0. The minimum Gasteiger partial charge on any atom is -0.352 e. The van der Waals surface area contributed by atoms with Crippen LogP contribution in [0.15, 0.2) is 30.3 Å². The highest BCUT2D eigenvalue weighted by molar-refractivity contribution is 5.99. The topological polar surface area (TPSA) is 57.6 Å². The molecule has 1 saturated carbocycles. The number of ketones is 1. The number of Topliss-reactive ketones (excluding diaryl/α,β-unsaturated/α-hetero) is 1. The molecule has 6 heteroatoms. The van der Waals surface area contributed by atoms with E-state index in [4.69, 9.17) is 0 Å². The predicted octanol–water partition coefficient (Wildman–Crippen LogP) is 2.48. The van der Waals surface area contributed by atoms with Crippen molar-refractivity contribution in [2.45, 2.75) is 39.7 Å². The van der Waals surface area contributed by atoms with Crippen LogP contribution in [0.25, 0.3) is 5.69 Å². The summed E-state index contributed by atoms with van der Waals surface area (Å²) in [6.45, 7) is 10.3. The smallest absolute Gasteiger partial charge is 0.234 e. The van der Waals surface area contributed by atoms with E-state index in [2.05, 4.69) is 57.8 Å². The van der Waals surface area contributed by atoms with Crippen molar-refractivity contribution < 1.29 is 9.59 Å². The standard InChI is InChI=1S/C24H32N4O2/c1-17-4-8-21(9-5-17)28-18(2)14-22(19(28)3)23(29)15-26-10-12-27(13-11-26)16-24(30)25-20-6-7-20/h4-5,8-9,14,20H,6-7,10-13,15-16H2,1-3H3,(H,25,30). The maximum atomic E-state index is 13.0. The van der Waals surface area contributed by atoms with Crippen LogP contribution < -0.4 is 5.32 Å². The summed E-state index contributed by atoms with van der Waals surface area (Å²) in [5, 5.41) is 3.05. The third-order valence-electron chi connectivity index (χ3n) is 6.17. The lowest BCUT2D eigenvalue weighted by Crippen LogP contribution is -2.50. The summed E-state index contributed by atoms with van der Waals surface area (Å²) in [4.78, 5) is 29.4. The quantitative estimate of drug-likeness (QED) is 0.715. The van der Waals surface area contributed by atoms with Gasteiger partial charge in [-0.05, 0) is 51.8 Å². The molecule has 1 aromatic heterocycles. The Balaban J connectivity index is 1.34. The summed E-state index contributed by atoms with van der Waals surface area (Å²) in [6, 6.07) is 10.8. The number of aromatic nitrogens is 1. The Morgan fingerprint density at radius 3 is 2.13 bits per heavy atom. The average Bonchev–Trinajstić information content (AvgIpc) is 3.47. The fourth-order valence-electron chi connectivity index (χ4n) is 4.23. The summed E-state index contributed by atoms with van der Waals surface area (Å²) < 4.78 is 2.16. The molecule has 1 amide bonds. The summed E-state index contributed by atoms with van der Waals surface area (Å²) in [6.07, 6.45) is 2.23. The van der Waals surface area contributed by atoms with Crippen LogP contribution in [0.2, 0.25) is 0 Å². The Morgan fingerprint density at radius 2 is 1.53 bits per heavy atom. The Bertz CT molecular complexity index is 919. The number of benzene rings is 1. The fraction of sp³-hybridized carbons (Fsp3) is 0.500. The van der Waals surface area contributed by atoms with Gasteiger partial charge >= 0.3 is 0 Å². The lowest BCUT2D eigenvalue weighted by molar-refractivity contribution is -0.122. The molecule has 2 fully saturated rings. The zero-order chi connectivity index (χ0) is 21.3. The number of nitrogens with one attached hydrogen (secondary N) is 1. The zero-order valence-electron chi connectivity index (χ0n) is 18.3. The Labute approximate surface area is 178 Å². The van der Waals surface area contributed by atoms with Gasteiger partial charge in [-0.2, -0.15) is 0 Å². The second-order valence-corrected chi connectivity index (χ2v) is 8.77. The number of rotatable bonds is 7. The van der Waals surface area contributed by atoms with Crippen LogP contribution in [0.3, 0.4) is 0 Å². The molecule has 1 aromatic carbocycles. The second kappa shape index (κ2) is 8.74. The van der Waals surface area contributed by atoms with Crippen molar-refractivity contribution in [1.29, 1.82) is 0 Å². The van der Waals surface area contributed by atoms with E-state index in [0.717, 1.165) is 61.7 Å². The number of carbonyl (C=O) groups excluding carboxylic acids is 2. The second-order valence-electron chi connectivity index (χ2n) is 8.77. The number of hydrogen-bond acceptors (Lipinski definition) is 4. The number of nitrogens with zero attached hydrogens (tertiary/aromatic N) is 3. The maximum absolute atomic E-state index is 13.0. The van der Waals surface area contributed by atoms with Crippen LogP contribution in [0.1, 0.15) is 40.2 Å². The SMILES string of the molecule is Cc1ccc(-n2c(C)cc(C(=O)CN3CCN(CC(=O)NC4CC4)CC3)c2C)cc1. The van der Waals surface area contributed by atoms with E-state index in [9.17, 15) is 9.59 Å². The van der Waals surface area contributed by atoms with Crippen molar-refractivity contribution in [2.75, 3.05) is 39.3 Å². The van der Waals surface area contributed by atoms with E-state index >= 15 is 0 Å². The van der Waals surface area contributed by atoms with Crippen molar-refractivity contribution in [3.05, 3.63) is 52.8 Å². The number of aryl methyl sites for hydroxylation is 2. The lowest BCUT2D eigenvalue weighted by atomic mass is 10.1. The first-order chi connectivity index (χ1) is 14.4. The third kappa shape index (κ3) is 4.82. The van der Waals surface area contributed by atoms with Gasteiger partial charge < -0.3 is 9.88 Å². The van der Waals surface area contributed by atoms with Crippen LogP contribution in [0, 0.1) is 20.8 Å². The summed E-state index contributed by atoms with van der Waals surface area (Å²) in [5.41, 5.74) is 5.19. The molecule has 1 saturated heterocycles. The zero-order valence-corrected chi connectivity index (χ0v) is 18.3. The monoisotopic (exact) mass is 408 g/mol. The molecule has 4 rings (SSSR count). The average molecular weight is 409 g/mol. The van der Waals surface area contributed by atoms with Crippen molar-refractivity contribution >= 4 is 11.7 Å². The molecule has 0 spiro atoms. The van der Waals surface area contributed by atoms with E-state index in [-0.39, 0.29) is 11.7 Å². The highest BCUT2D eigenvalue weighted by Crippen LogP contribution is 2.22. The van der Waals surface area contributed by atoms with E-state index < -0.39 is 0 Å². The largest absolute Gasteiger partial charge is 0.352 e. The van der Waals surface area contributed by atoms with E-state index in [1.165, 1.54) is 5.56 Å².